The van der Waals surface area contributed by atoms with Gasteiger partial charge in [0.1, 0.15) is 5.60 Å². The Morgan fingerprint density at radius 3 is 2.24 bits per heavy atom. The second-order valence-corrected chi connectivity index (χ2v) is 8.11. The summed E-state index contributed by atoms with van der Waals surface area (Å²) in [5.41, 5.74) is -0.624. The lowest BCUT2D eigenvalue weighted by Gasteiger charge is -2.31. The van der Waals surface area contributed by atoms with Gasteiger partial charge in [-0.3, -0.25) is 0 Å². The molecular weight excluding hydrogens is 358 g/mol. The van der Waals surface area contributed by atoms with Crippen molar-refractivity contribution < 1.29 is 36.0 Å². The van der Waals surface area contributed by atoms with Crippen LogP contribution in [0.25, 0.3) is 0 Å². The first-order chi connectivity index (χ1) is 11.5. The van der Waals surface area contributed by atoms with Crippen molar-refractivity contribution in [3.8, 4) is 0 Å². The van der Waals surface area contributed by atoms with Crippen molar-refractivity contribution in [2.45, 2.75) is 69.1 Å². The van der Waals surface area contributed by atoms with Gasteiger partial charge in [0.2, 0.25) is 0 Å². The Morgan fingerprint density at radius 2 is 1.72 bits per heavy atom. The topological polar surface area (TPSA) is 92.7 Å². The monoisotopic (exact) mass is 383 g/mol. The molecule has 1 rings (SSSR count). The highest BCUT2D eigenvalue weighted by molar-refractivity contribution is 7.86. The molecule has 0 aliphatic heterocycles. The fourth-order valence-electron chi connectivity index (χ4n) is 2.62. The van der Waals surface area contributed by atoms with E-state index in [9.17, 15) is 26.5 Å². The van der Waals surface area contributed by atoms with Gasteiger partial charge in [0.25, 0.3) is 0 Å². The summed E-state index contributed by atoms with van der Waals surface area (Å²) in [7, 11) is -5.73. The number of halogens is 2. The van der Waals surface area contributed by atoms with E-state index in [0.29, 0.717) is 0 Å². The van der Waals surface area contributed by atoms with Gasteiger partial charge in [-0.2, -0.15) is 8.78 Å². The minimum Gasteiger partial charge on any atom is -0.743 e. The van der Waals surface area contributed by atoms with Crippen LogP contribution in [0.2, 0.25) is 0 Å². The standard InChI is InChI=1S/C16H26F2O6S/c1-13(12-23-11-10-16(17,18)25(20,21)22)14(19)24-15(2)8-6-4-3-5-7-9-15/h1,3-12H2,2H3,(H,20,21,22)/p-1. The van der Waals surface area contributed by atoms with Crippen LogP contribution in [0.15, 0.2) is 12.2 Å². The van der Waals surface area contributed by atoms with Gasteiger partial charge in [0, 0.05) is 6.42 Å². The largest absolute Gasteiger partial charge is 0.743 e. The number of hydrogen-bond acceptors (Lipinski definition) is 6. The van der Waals surface area contributed by atoms with Crippen molar-refractivity contribution in [2.24, 2.45) is 0 Å². The minimum absolute atomic E-state index is 0.0448. The first-order valence-corrected chi connectivity index (χ1v) is 9.70. The van der Waals surface area contributed by atoms with Crippen LogP contribution >= 0.6 is 0 Å². The van der Waals surface area contributed by atoms with E-state index >= 15 is 0 Å². The quantitative estimate of drug-likeness (QED) is 0.277. The van der Waals surface area contributed by atoms with Gasteiger partial charge in [-0.1, -0.05) is 25.8 Å². The van der Waals surface area contributed by atoms with E-state index in [1.165, 1.54) is 6.42 Å². The van der Waals surface area contributed by atoms with Crippen molar-refractivity contribution in [2.75, 3.05) is 13.2 Å². The van der Waals surface area contributed by atoms with Crippen LogP contribution in [-0.4, -0.2) is 43.0 Å². The van der Waals surface area contributed by atoms with E-state index in [1.807, 2.05) is 6.92 Å². The molecule has 0 atom stereocenters. The normalized spacial score (nSPS) is 18.9. The molecule has 0 amide bonds. The average molecular weight is 383 g/mol. The third-order valence-corrected chi connectivity index (χ3v) is 5.15. The third kappa shape index (κ3) is 7.37. The van der Waals surface area contributed by atoms with Crippen LogP contribution in [0.1, 0.15) is 58.3 Å². The van der Waals surface area contributed by atoms with E-state index in [-0.39, 0.29) is 12.2 Å². The molecule has 25 heavy (non-hydrogen) atoms. The Morgan fingerprint density at radius 1 is 1.20 bits per heavy atom. The van der Waals surface area contributed by atoms with E-state index in [1.54, 1.807) is 0 Å². The molecule has 0 aromatic rings. The van der Waals surface area contributed by atoms with Gasteiger partial charge in [-0.25, -0.2) is 13.2 Å². The van der Waals surface area contributed by atoms with Crippen LogP contribution in [0, 0.1) is 0 Å². The van der Waals surface area contributed by atoms with E-state index in [4.69, 9.17) is 9.47 Å². The third-order valence-electron chi connectivity index (χ3n) is 4.22. The van der Waals surface area contributed by atoms with Crippen LogP contribution in [0.5, 0.6) is 0 Å². The zero-order chi connectivity index (χ0) is 19.1. The fourth-order valence-corrected chi connectivity index (χ4v) is 2.95. The molecular formula is C16H25F2O6S-. The Balaban J connectivity index is 2.40. The lowest BCUT2D eigenvalue weighted by molar-refractivity contribution is -0.155. The van der Waals surface area contributed by atoms with Crippen molar-refractivity contribution in [1.82, 2.24) is 0 Å². The molecule has 0 aromatic heterocycles. The van der Waals surface area contributed by atoms with Crippen LogP contribution in [0.3, 0.4) is 0 Å². The maximum atomic E-state index is 13.0. The Hall–Kier alpha value is -1.06. The second-order valence-electron chi connectivity index (χ2n) is 6.60. The van der Waals surface area contributed by atoms with Gasteiger partial charge in [-0.05, 0) is 32.6 Å². The van der Waals surface area contributed by atoms with Crippen molar-refractivity contribution in [3.05, 3.63) is 12.2 Å². The van der Waals surface area contributed by atoms with Gasteiger partial charge in [0.15, 0.2) is 10.1 Å². The number of carbonyl (C=O) groups is 1. The summed E-state index contributed by atoms with van der Waals surface area (Å²) in [6.45, 7) is 4.31. The Bertz CT molecular complexity index is 565. The molecule has 6 nitrogen and oxygen atoms in total. The van der Waals surface area contributed by atoms with E-state index < -0.39 is 40.0 Å². The number of ether oxygens (including phenoxy) is 2. The zero-order valence-corrected chi connectivity index (χ0v) is 15.2. The number of esters is 1. The summed E-state index contributed by atoms with van der Waals surface area (Å²) in [4.78, 5) is 12.1. The number of alkyl halides is 2. The van der Waals surface area contributed by atoms with E-state index in [2.05, 4.69) is 6.58 Å². The molecule has 1 aliphatic rings. The zero-order valence-electron chi connectivity index (χ0n) is 14.4. The number of carbonyl (C=O) groups excluding carboxylic acids is 1. The Labute approximate surface area is 147 Å². The smallest absolute Gasteiger partial charge is 0.336 e. The predicted octanol–water partition coefficient (Wildman–Crippen LogP) is 3.13. The highest BCUT2D eigenvalue weighted by Crippen LogP contribution is 2.30. The lowest BCUT2D eigenvalue weighted by atomic mass is 9.88. The van der Waals surface area contributed by atoms with E-state index in [0.717, 1.165) is 38.5 Å². The second kappa shape index (κ2) is 9.05. The maximum Gasteiger partial charge on any atom is 0.336 e. The summed E-state index contributed by atoms with van der Waals surface area (Å²) in [5.74, 6) is -0.661. The summed E-state index contributed by atoms with van der Waals surface area (Å²) in [5, 5.41) is -4.40. The molecule has 1 fully saturated rings. The molecule has 0 heterocycles. The molecule has 1 saturated carbocycles. The molecule has 9 heteroatoms. The molecule has 1 aliphatic carbocycles. The van der Waals surface area contributed by atoms with Gasteiger partial charge >= 0.3 is 11.2 Å². The summed E-state index contributed by atoms with van der Waals surface area (Å²) >= 11 is 0. The summed E-state index contributed by atoms with van der Waals surface area (Å²) in [6.07, 6.45) is 5.51. The first kappa shape index (κ1) is 22.0. The molecule has 0 saturated heterocycles. The Kier molecular flexibility index (Phi) is 7.95. The van der Waals surface area contributed by atoms with Gasteiger partial charge < -0.3 is 14.0 Å². The molecule has 146 valence electrons. The maximum absolute atomic E-state index is 13.0. The SMILES string of the molecule is C=C(COCCC(F)(F)S(=O)(=O)[O-])C(=O)OC1(C)CCCCCCC1. The molecule has 0 N–H and O–H groups in total. The summed E-state index contributed by atoms with van der Waals surface area (Å²) in [6, 6.07) is 0. The first-order valence-electron chi connectivity index (χ1n) is 8.29. The lowest BCUT2D eigenvalue weighted by Crippen LogP contribution is -2.33. The van der Waals surface area contributed by atoms with Crippen molar-refractivity contribution >= 4 is 16.1 Å². The highest BCUT2D eigenvalue weighted by atomic mass is 32.2. The highest BCUT2D eigenvalue weighted by Gasteiger charge is 2.37. The average Bonchev–Trinajstić information content (AvgIpc) is 2.46. The molecule has 0 unspecified atom stereocenters. The van der Waals surface area contributed by atoms with Crippen LogP contribution in [-0.2, 0) is 24.4 Å². The van der Waals surface area contributed by atoms with Crippen molar-refractivity contribution in [3.63, 3.8) is 0 Å². The molecule has 0 radical (unpaired) electrons. The van der Waals surface area contributed by atoms with Crippen molar-refractivity contribution in [1.29, 1.82) is 0 Å². The number of rotatable bonds is 8. The van der Waals surface area contributed by atoms with Crippen LogP contribution < -0.4 is 0 Å². The summed E-state index contributed by atoms with van der Waals surface area (Å²) < 4.78 is 67.3. The molecule has 0 aromatic carbocycles. The predicted molar refractivity (Wildman–Crippen MR) is 86.0 cm³/mol. The van der Waals surface area contributed by atoms with Gasteiger partial charge in [0.05, 0.1) is 18.8 Å². The minimum atomic E-state index is -5.73. The van der Waals surface area contributed by atoms with Crippen LogP contribution in [0.4, 0.5) is 8.78 Å². The molecule has 0 spiro atoms. The molecule has 0 bridgehead atoms. The van der Waals surface area contributed by atoms with Gasteiger partial charge in [-0.15, -0.1) is 0 Å². The number of hydrogen-bond donors (Lipinski definition) is 0. The fraction of sp³-hybridized carbons (Fsp3) is 0.812.